The molecule has 5 nitrogen and oxygen atoms in total. The van der Waals surface area contributed by atoms with E-state index in [4.69, 9.17) is 11.5 Å². The predicted molar refractivity (Wildman–Crippen MR) is 41.9 cm³/mol. The minimum atomic E-state index is -0.591. The first kappa shape index (κ1) is 10.3. The summed E-state index contributed by atoms with van der Waals surface area (Å²) in [6.07, 6.45) is 0. The molecule has 0 saturated carbocycles. The molecule has 0 aromatic rings. The maximum absolute atomic E-state index is 10.9. The lowest BCUT2D eigenvalue weighted by Crippen LogP contribution is -2.44. The van der Waals surface area contributed by atoms with Crippen LogP contribution in [0.5, 0.6) is 0 Å². The zero-order valence-electron chi connectivity index (χ0n) is 6.67. The van der Waals surface area contributed by atoms with Crippen LogP contribution in [0.15, 0.2) is 0 Å². The smallest absolute Gasteiger partial charge is 0.239 e. The Hall–Kier alpha value is -0.650. The van der Waals surface area contributed by atoms with Crippen LogP contribution in [0, 0.1) is 0 Å². The number of ether oxygens (including phenoxy) is 1. The summed E-state index contributed by atoms with van der Waals surface area (Å²) in [7, 11) is 1.50. The number of nitrogens with two attached hydrogens (primary N) is 2. The molecule has 11 heavy (non-hydrogen) atoms. The first-order chi connectivity index (χ1) is 5.22. The van der Waals surface area contributed by atoms with Gasteiger partial charge in [-0.1, -0.05) is 0 Å². The Labute approximate surface area is 66.1 Å². The summed E-state index contributed by atoms with van der Waals surface area (Å²) in [6, 6.07) is -0.591. The van der Waals surface area contributed by atoms with Gasteiger partial charge in [-0.15, -0.1) is 0 Å². The summed E-state index contributed by atoms with van der Waals surface area (Å²) in [4.78, 5) is 10.9. The lowest BCUT2D eigenvalue weighted by molar-refractivity contribution is -0.123. The molecule has 0 fully saturated rings. The van der Waals surface area contributed by atoms with E-state index in [2.05, 4.69) is 10.1 Å². The number of amides is 1. The second-order valence-electron chi connectivity index (χ2n) is 2.14. The number of nitrogens with one attached hydrogen (secondary N) is 1. The topological polar surface area (TPSA) is 90.4 Å². The highest BCUT2D eigenvalue weighted by Crippen LogP contribution is 1.78. The van der Waals surface area contributed by atoms with Gasteiger partial charge in [0.1, 0.15) is 6.04 Å². The summed E-state index contributed by atoms with van der Waals surface area (Å²) in [6.45, 7) is 1.11. The SMILES string of the molecule is COCC(N)C(=O)NCCN. The summed E-state index contributed by atoms with van der Waals surface area (Å²) < 4.78 is 4.69. The molecule has 0 aliphatic rings. The van der Waals surface area contributed by atoms with Crippen molar-refractivity contribution in [3.05, 3.63) is 0 Å². The van der Waals surface area contributed by atoms with Gasteiger partial charge in [-0.25, -0.2) is 0 Å². The third kappa shape index (κ3) is 4.72. The summed E-state index contributed by atoms with van der Waals surface area (Å²) in [5.41, 5.74) is 10.6. The van der Waals surface area contributed by atoms with Crippen molar-refractivity contribution in [1.82, 2.24) is 5.32 Å². The molecule has 0 aliphatic heterocycles. The fraction of sp³-hybridized carbons (Fsp3) is 0.833. The van der Waals surface area contributed by atoms with Crippen molar-refractivity contribution in [2.75, 3.05) is 26.8 Å². The average Bonchev–Trinajstić information content (AvgIpc) is 2.00. The highest BCUT2D eigenvalue weighted by atomic mass is 16.5. The molecule has 0 radical (unpaired) electrons. The number of rotatable bonds is 5. The lowest BCUT2D eigenvalue weighted by Gasteiger charge is -2.09. The van der Waals surface area contributed by atoms with E-state index in [9.17, 15) is 4.79 Å². The molecule has 0 rings (SSSR count). The number of carbonyl (C=O) groups is 1. The third-order valence-corrected chi connectivity index (χ3v) is 1.13. The zero-order valence-corrected chi connectivity index (χ0v) is 6.67. The van der Waals surface area contributed by atoms with Gasteiger partial charge in [0.2, 0.25) is 5.91 Å². The van der Waals surface area contributed by atoms with E-state index in [1.165, 1.54) is 7.11 Å². The van der Waals surface area contributed by atoms with Crippen molar-refractivity contribution in [3.8, 4) is 0 Å². The van der Waals surface area contributed by atoms with E-state index in [0.29, 0.717) is 13.1 Å². The Morgan fingerprint density at radius 3 is 2.82 bits per heavy atom. The third-order valence-electron chi connectivity index (χ3n) is 1.13. The van der Waals surface area contributed by atoms with Crippen LogP contribution in [-0.2, 0) is 9.53 Å². The Balaban J connectivity index is 3.47. The molecule has 1 unspecified atom stereocenters. The highest BCUT2D eigenvalue weighted by Gasteiger charge is 2.10. The van der Waals surface area contributed by atoms with E-state index in [0.717, 1.165) is 0 Å². The second kappa shape index (κ2) is 6.09. The lowest BCUT2D eigenvalue weighted by atomic mass is 10.3. The predicted octanol–water partition coefficient (Wildman–Crippen LogP) is -1.96. The molecule has 0 aromatic carbocycles. The maximum Gasteiger partial charge on any atom is 0.239 e. The Morgan fingerprint density at radius 2 is 2.36 bits per heavy atom. The molecule has 0 saturated heterocycles. The van der Waals surface area contributed by atoms with E-state index in [1.807, 2.05) is 0 Å². The quantitative estimate of drug-likeness (QED) is 0.436. The molecule has 0 spiro atoms. The number of hydrogen-bond donors (Lipinski definition) is 3. The van der Waals surface area contributed by atoms with Crippen molar-refractivity contribution in [2.45, 2.75) is 6.04 Å². The van der Waals surface area contributed by atoms with Gasteiger partial charge in [0, 0.05) is 20.2 Å². The largest absolute Gasteiger partial charge is 0.383 e. The van der Waals surface area contributed by atoms with Gasteiger partial charge in [0.05, 0.1) is 6.61 Å². The Morgan fingerprint density at radius 1 is 1.73 bits per heavy atom. The van der Waals surface area contributed by atoms with Gasteiger partial charge >= 0.3 is 0 Å². The van der Waals surface area contributed by atoms with Gasteiger partial charge in [0.25, 0.3) is 0 Å². The van der Waals surface area contributed by atoms with Gasteiger partial charge < -0.3 is 21.5 Å². The maximum atomic E-state index is 10.9. The molecule has 5 N–H and O–H groups in total. The molecule has 0 heterocycles. The molecule has 0 aliphatic carbocycles. The van der Waals surface area contributed by atoms with E-state index in [1.54, 1.807) is 0 Å². The fourth-order valence-electron chi connectivity index (χ4n) is 0.582. The Bertz CT molecular complexity index is 118. The van der Waals surface area contributed by atoms with E-state index < -0.39 is 6.04 Å². The van der Waals surface area contributed by atoms with Gasteiger partial charge in [0.15, 0.2) is 0 Å². The van der Waals surface area contributed by atoms with Crippen LogP contribution in [0.3, 0.4) is 0 Å². The number of hydrogen-bond acceptors (Lipinski definition) is 4. The summed E-state index contributed by atoms with van der Waals surface area (Å²) in [5.74, 6) is -0.225. The molecule has 1 amide bonds. The van der Waals surface area contributed by atoms with E-state index in [-0.39, 0.29) is 12.5 Å². The Kier molecular flexibility index (Phi) is 5.73. The molecular formula is C6H15N3O2. The fourth-order valence-corrected chi connectivity index (χ4v) is 0.582. The second-order valence-corrected chi connectivity index (χ2v) is 2.14. The van der Waals surface area contributed by atoms with Crippen LogP contribution in [0.2, 0.25) is 0 Å². The van der Waals surface area contributed by atoms with Crippen molar-refractivity contribution in [1.29, 1.82) is 0 Å². The zero-order chi connectivity index (χ0) is 8.69. The number of carbonyl (C=O) groups excluding carboxylic acids is 1. The first-order valence-electron chi connectivity index (χ1n) is 3.44. The van der Waals surface area contributed by atoms with Crippen LogP contribution in [0.4, 0.5) is 0 Å². The average molecular weight is 161 g/mol. The molecule has 1 atom stereocenters. The van der Waals surface area contributed by atoms with Crippen LogP contribution in [0.25, 0.3) is 0 Å². The van der Waals surface area contributed by atoms with Gasteiger partial charge in [-0.2, -0.15) is 0 Å². The van der Waals surface area contributed by atoms with Crippen molar-refractivity contribution < 1.29 is 9.53 Å². The highest BCUT2D eigenvalue weighted by molar-refractivity contribution is 5.81. The normalized spacial score (nSPS) is 12.6. The van der Waals surface area contributed by atoms with Crippen LogP contribution >= 0.6 is 0 Å². The first-order valence-corrected chi connectivity index (χ1v) is 3.44. The molecule has 0 aromatic heterocycles. The van der Waals surface area contributed by atoms with Crippen LogP contribution in [-0.4, -0.2) is 38.8 Å². The monoisotopic (exact) mass is 161 g/mol. The van der Waals surface area contributed by atoms with Gasteiger partial charge in [-0.05, 0) is 0 Å². The molecular weight excluding hydrogens is 146 g/mol. The minimum Gasteiger partial charge on any atom is -0.383 e. The number of methoxy groups -OCH3 is 1. The summed E-state index contributed by atoms with van der Waals surface area (Å²) >= 11 is 0. The summed E-state index contributed by atoms with van der Waals surface area (Å²) in [5, 5.41) is 2.55. The van der Waals surface area contributed by atoms with Crippen LogP contribution in [0.1, 0.15) is 0 Å². The standard InChI is InChI=1S/C6H15N3O2/c1-11-4-5(8)6(10)9-3-2-7/h5H,2-4,7-8H2,1H3,(H,9,10). The van der Waals surface area contributed by atoms with Crippen LogP contribution < -0.4 is 16.8 Å². The van der Waals surface area contributed by atoms with Gasteiger partial charge in [-0.3, -0.25) is 4.79 Å². The molecule has 66 valence electrons. The van der Waals surface area contributed by atoms with E-state index >= 15 is 0 Å². The van der Waals surface area contributed by atoms with Crippen molar-refractivity contribution >= 4 is 5.91 Å². The molecule has 5 heteroatoms. The van der Waals surface area contributed by atoms with Crippen molar-refractivity contribution in [2.24, 2.45) is 11.5 Å². The molecule has 0 bridgehead atoms. The van der Waals surface area contributed by atoms with Crippen molar-refractivity contribution in [3.63, 3.8) is 0 Å². The minimum absolute atomic E-state index is 0.225.